The molecule has 17 heavy (non-hydrogen) atoms. The molecule has 0 amide bonds. The van der Waals surface area contributed by atoms with E-state index in [2.05, 4.69) is 43.0 Å². The Morgan fingerprint density at radius 3 is 2.88 bits per heavy atom. The first-order valence-electron chi connectivity index (χ1n) is 6.72. The summed E-state index contributed by atoms with van der Waals surface area (Å²) in [6.07, 6.45) is 2.59. The molecule has 1 aliphatic heterocycles. The van der Waals surface area contributed by atoms with Gasteiger partial charge in [0.15, 0.2) is 0 Å². The SMILES string of the molecule is Cc1ccccc1C(C)N1CCCC(CN)C1. The molecule has 1 heterocycles. The van der Waals surface area contributed by atoms with E-state index in [0.717, 1.165) is 13.1 Å². The summed E-state index contributed by atoms with van der Waals surface area (Å²) in [5, 5.41) is 0. The van der Waals surface area contributed by atoms with Crippen molar-refractivity contribution in [1.82, 2.24) is 4.90 Å². The van der Waals surface area contributed by atoms with Crippen LogP contribution >= 0.6 is 0 Å². The number of aryl methyl sites for hydroxylation is 1. The quantitative estimate of drug-likeness (QED) is 0.868. The maximum Gasteiger partial charge on any atom is 0.0322 e. The normalized spacial score (nSPS) is 23.6. The van der Waals surface area contributed by atoms with E-state index in [0.29, 0.717) is 12.0 Å². The van der Waals surface area contributed by atoms with Gasteiger partial charge in [-0.15, -0.1) is 0 Å². The van der Waals surface area contributed by atoms with Crippen molar-refractivity contribution < 1.29 is 0 Å². The Kier molecular flexibility index (Phi) is 4.19. The predicted molar refractivity (Wildman–Crippen MR) is 72.9 cm³/mol. The first-order valence-corrected chi connectivity index (χ1v) is 6.72. The summed E-state index contributed by atoms with van der Waals surface area (Å²) in [7, 11) is 0. The molecule has 0 aliphatic carbocycles. The molecule has 1 aliphatic rings. The first-order chi connectivity index (χ1) is 8.22. The van der Waals surface area contributed by atoms with E-state index >= 15 is 0 Å². The minimum Gasteiger partial charge on any atom is -0.330 e. The molecule has 2 heteroatoms. The van der Waals surface area contributed by atoms with Gasteiger partial charge in [0, 0.05) is 12.6 Å². The lowest BCUT2D eigenvalue weighted by Crippen LogP contribution is -2.39. The van der Waals surface area contributed by atoms with Crippen LogP contribution in [0.2, 0.25) is 0 Å². The zero-order valence-electron chi connectivity index (χ0n) is 11.0. The van der Waals surface area contributed by atoms with Gasteiger partial charge in [-0.3, -0.25) is 4.90 Å². The molecule has 2 nitrogen and oxygen atoms in total. The summed E-state index contributed by atoms with van der Waals surface area (Å²) in [5.74, 6) is 0.690. The van der Waals surface area contributed by atoms with E-state index in [-0.39, 0.29) is 0 Å². The second kappa shape index (κ2) is 5.65. The van der Waals surface area contributed by atoms with E-state index in [9.17, 15) is 0 Å². The molecule has 0 aromatic heterocycles. The van der Waals surface area contributed by atoms with Crippen LogP contribution in [0.5, 0.6) is 0 Å². The fourth-order valence-corrected chi connectivity index (χ4v) is 2.89. The van der Waals surface area contributed by atoms with Crippen LogP contribution in [0.15, 0.2) is 24.3 Å². The van der Waals surface area contributed by atoms with Gasteiger partial charge in [-0.05, 0) is 56.8 Å². The highest BCUT2D eigenvalue weighted by Crippen LogP contribution is 2.27. The molecule has 94 valence electrons. The van der Waals surface area contributed by atoms with Gasteiger partial charge in [0.2, 0.25) is 0 Å². The lowest BCUT2D eigenvalue weighted by Gasteiger charge is -2.37. The van der Waals surface area contributed by atoms with E-state index in [1.807, 2.05) is 0 Å². The standard InChI is InChI=1S/C15H24N2/c1-12-6-3-4-8-15(12)13(2)17-9-5-7-14(10-16)11-17/h3-4,6,8,13-14H,5,7,9-11,16H2,1-2H3. The number of nitrogens with zero attached hydrogens (tertiary/aromatic N) is 1. The van der Waals surface area contributed by atoms with E-state index in [1.54, 1.807) is 0 Å². The molecule has 2 unspecified atom stereocenters. The first kappa shape index (κ1) is 12.6. The summed E-state index contributed by atoms with van der Waals surface area (Å²) in [4.78, 5) is 2.59. The molecule has 1 aromatic rings. The van der Waals surface area contributed by atoms with Crippen molar-refractivity contribution >= 4 is 0 Å². The number of rotatable bonds is 3. The molecule has 0 saturated carbocycles. The molecule has 1 fully saturated rings. The van der Waals surface area contributed by atoms with Gasteiger partial charge in [-0.2, -0.15) is 0 Å². The van der Waals surface area contributed by atoms with Crippen molar-refractivity contribution in [3.05, 3.63) is 35.4 Å². The van der Waals surface area contributed by atoms with Gasteiger partial charge in [0.25, 0.3) is 0 Å². The zero-order chi connectivity index (χ0) is 12.3. The smallest absolute Gasteiger partial charge is 0.0322 e. The van der Waals surface area contributed by atoms with Crippen LogP contribution in [0, 0.1) is 12.8 Å². The third kappa shape index (κ3) is 2.88. The summed E-state index contributed by atoms with van der Waals surface area (Å²) >= 11 is 0. The summed E-state index contributed by atoms with van der Waals surface area (Å²) in [5.41, 5.74) is 8.67. The number of hydrogen-bond donors (Lipinski definition) is 1. The summed E-state index contributed by atoms with van der Waals surface area (Å²) in [6, 6.07) is 9.24. The monoisotopic (exact) mass is 232 g/mol. The average Bonchev–Trinajstić information content (AvgIpc) is 2.38. The van der Waals surface area contributed by atoms with E-state index in [1.165, 1.54) is 30.5 Å². The van der Waals surface area contributed by atoms with Crippen LogP contribution in [0.25, 0.3) is 0 Å². The Bertz CT molecular complexity index is 362. The maximum absolute atomic E-state index is 5.81. The van der Waals surface area contributed by atoms with E-state index < -0.39 is 0 Å². The molecule has 1 aromatic carbocycles. The second-order valence-electron chi connectivity index (χ2n) is 5.27. The van der Waals surface area contributed by atoms with Gasteiger partial charge in [0.05, 0.1) is 0 Å². The minimum atomic E-state index is 0.519. The van der Waals surface area contributed by atoms with Gasteiger partial charge in [0.1, 0.15) is 0 Å². The zero-order valence-corrected chi connectivity index (χ0v) is 11.0. The largest absolute Gasteiger partial charge is 0.330 e. The number of benzene rings is 1. The topological polar surface area (TPSA) is 29.3 Å². The molecule has 0 bridgehead atoms. The Hall–Kier alpha value is -0.860. The lowest BCUT2D eigenvalue weighted by molar-refractivity contribution is 0.134. The van der Waals surface area contributed by atoms with Crippen molar-refractivity contribution in [1.29, 1.82) is 0 Å². The van der Waals surface area contributed by atoms with Crippen LogP contribution in [0.4, 0.5) is 0 Å². The molecule has 2 N–H and O–H groups in total. The van der Waals surface area contributed by atoms with Crippen molar-refractivity contribution in [3.8, 4) is 0 Å². The fraction of sp³-hybridized carbons (Fsp3) is 0.600. The van der Waals surface area contributed by atoms with Crippen molar-refractivity contribution in [2.45, 2.75) is 32.7 Å². The Morgan fingerprint density at radius 2 is 2.18 bits per heavy atom. The molecular formula is C15H24N2. The van der Waals surface area contributed by atoms with Gasteiger partial charge in [-0.25, -0.2) is 0 Å². The number of hydrogen-bond acceptors (Lipinski definition) is 2. The number of piperidine rings is 1. The fourth-order valence-electron chi connectivity index (χ4n) is 2.89. The van der Waals surface area contributed by atoms with Crippen LogP contribution in [-0.2, 0) is 0 Å². The Labute approximate surface area is 105 Å². The van der Waals surface area contributed by atoms with Crippen molar-refractivity contribution in [3.63, 3.8) is 0 Å². The third-order valence-electron chi connectivity index (χ3n) is 4.07. The lowest BCUT2D eigenvalue weighted by atomic mass is 9.94. The van der Waals surface area contributed by atoms with Crippen LogP contribution in [0.3, 0.4) is 0 Å². The Balaban J connectivity index is 2.09. The highest BCUT2D eigenvalue weighted by atomic mass is 15.2. The molecule has 2 atom stereocenters. The van der Waals surface area contributed by atoms with Crippen molar-refractivity contribution in [2.24, 2.45) is 11.7 Å². The van der Waals surface area contributed by atoms with Gasteiger partial charge >= 0.3 is 0 Å². The van der Waals surface area contributed by atoms with Crippen molar-refractivity contribution in [2.75, 3.05) is 19.6 Å². The molecule has 0 spiro atoms. The number of likely N-dealkylation sites (tertiary alicyclic amines) is 1. The summed E-state index contributed by atoms with van der Waals surface area (Å²) < 4.78 is 0. The molecular weight excluding hydrogens is 208 g/mol. The minimum absolute atomic E-state index is 0.519. The maximum atomic E-state index is 5.81. The molecule has 0 radical (unpaired) electrons. The summed E-state index contributed by atoms with van der Waals surface area (Å²) in [6.45, 7) is 7.73. The average molecular weight is 232 g/mol. The molecule has 1 saturated heterocycles. The van der Waals surface area contributed by atoms with Gasteiger partial charge < -0.3 is 5.73 Å². The number of nitrogens with two attached hydrogens (primary N) is 1. The predicted octanol–water partition coefficient (Wildman–Crippen LogP) is 2.73. The van der Waals surface area contributed by atoms with E-state index in [4.69, 9.17) is 5.73 Å². The van der Waals surface area contributed by atoms with Crippen LogP contribution in [-0.4, -0.2) is 24.5 Å². The van der Waals surface area contributed by atoms with Gasteiger partial charge in [-0.1, -0.05) is 24.3 Å². The molecule has 2 rings (SSSR count). The Morgan fingerprint density at radius 1 is 1.41 bits per heavy atom. The van der Waals surface area contributed by atoms with Crippen LogP contribution < -0.4 is 5.73 Å². The highest BCUT2D eigenvalue weighted by Gasteiger charge is 2.23. The highest BCUT2D eigenvalue weighted by molar-refractivity contribution is 5.28. The second-order valence-corrected chi connectivity index (χ2v) is 5.27. The van der Waals surface area contributed by atoms with Crippen LogP contribution in [0.1, 0.15) is 36.9 Å². The third-order valence-corrected chi connectivity index (χ3v) is 4.07.